The number of nitrogens with one attached hydrogen (secondary N) is 1. The summed E-state index contributed by atoms with van der Waals surface area (Å²) in [7, 11) is 0. The first-order chi connectivity index (χ1) is 12.6. The van der Waals surface area contributed by atoms with Crippen molar-refractivity contribution in [2.75, 3.05) is 0 Å². The summed E-state index contributed by atoms with van der Waals surface area (Å²) >= 11 is 12.6. The molecule has 0 aliphatic heterocycles. The van der Waals surface area contributed by atoms with Crippen molar-refractivity contribution >= 4 is 35.3 Å². The Kier molecular flexibility index (Phi) is 5.71. The zero-order valence-corrected chi connectivity index (χ0v) is 15.5. The number of aromatic nitrogens is 2. The molecule has 0 radical (unpaired) electrons. The normalized spacial score (nSPS) is 11.0. The molecule has 2 aromatic carbocycles. The molecule has 0 saturated carbocycles. The first-order valence-electron chi connectivity index (χ1n) is 7.91. The topological polar surface area (TPSA) is 59.3 Å². The van der Waals surface area contributed by atoms with Gasteiger partial charge in [-0.05, 0) is 30.7 Å². The average molecular weight is 387 g/mol. The fraction of sp³-hybridized carbons (Fsp3) is 0.105. The molecule has 3 aromatic rings. The number of halogens is 2. The standard InChI is InChI=1S/C19H16Cl2N4O/c1-13-16(11-22-23-19(26)14-7-3-2-4-8-14)18(21)25(24-13)12-15-9-5-6-10-17(15)20/h2-11H,12H2,1H3,(H,23,26)/b22-11-. The maximum atomic E-state index is 12.0. The molecule has 1 N–H and O–H groups in total. The fourth-order valence-electron chi connectivity index (χ4n) is 2.42. The van der Waals surface area contributed by atoms with Gasteiger partial charge in [0, 0.05) is 10.6 Å². The molecular formula is C19H16Cl2N4O. The van der Waals surface area contributed by atoms with E-state index < -0.39 is 0 Å². The molecule has 0 saturated heterocycles. The van der Waals surface area contributed by atoms with E-state index in [-0.39, 0.29) is 5.91 Å². The van der Waals surface area contributed by atoms with E-state index in [0.29, 0.717) is 33.5 Å². The third kappa shape index (κ3) is 4.12. The highest BCUT2D eigenvalue weighted by atomic mass is 35.5. The van der Waals surface area contributed by atoms with Crippen LogP contribution in [0, 0.1) is 6.92 Å². The van der Waals surface area contributed by atoms with E-state index in [1.807, 2.05) is 37.3 Å². The number of carbonyl (C=O) groups is 1. The Morgan fingerprint density at radius 2 is 1.85 bits per heavy atom. The highest BCUT2D eigenvalue weighted by Gasteiger charge is 2.13. The smallest absolute Gasteiger partial charge is 0.267 e. The second kappa shape index (κ2) is 8.17. The maximum Gasteiger partial charge on any atom is 0.271 e. The largest absolute Gasteiger partial charge is 0.271 e. The molecular weight excluding hydrogens is 371 g/mol. The fourth-order valence-corrected chi connectivity index (χ4v) is 2.89. The zero-order valence-electron chi connectivity index (χ0n) is 14.0. The minimum absolute atomic E-state index is 0.293. The number of carbonyl (C=O) groups excluding carboxylic acids is 1. The van der Waals surface area contributed by atoms with Crippen LogP contribution in [-0.4, -0.2) is 21.9 Å². The number of hydrazone groups is 1. The van der Waals surface area contributed by atoms with E-state index in [1.54, 1.807) is 28.9 Å². The van der Waals surface area contributed by atoms with E-state index in [4.69, 9.17) is 23.2 Å². The predicted octanol–water partition coefficient (Wildman–Crippen LogP) is 4.31. The number of benzene rings is 2. The molecule has 0 atom stereocenters. The highest BCUT2D eigenvalue weighted by molar-refractivity contribution is 6.32. The second-order valence-corrected chi connectivity index (χ2v) is 6.37. The van der Waals surface area contributed by atoms with Crippen LogP contribution in [-0.2, 0) is 6.54 Å². The molecule has 0 spiro atoms. The van der Waals surface area contributed by atoms with Gasteiger partial charge in [-0.25, -0.2) is 10.1 Å². The number of nitrogens with zero attached hydrogens (tertiary/aromatic N) is 3. The van der Waals surface area contributed by atoms with E-state index in [2.05, 4.69) is 15.6 Å². The Balaban J connectivity index is 1.74. The van der Waals surface area contributed by atoms with E-state index in [0.717, 1.165) is 5.56 Å². The van der Waals surface area contributed by atoms with E-state index in [1.165, 1.54) is 6.21 Å². The van der Waals surface area contributed by atoms with Crippen LogP contribution >= 0.6 is 23.2 Å². The lowest BCUT2D eigenvalue weighted by Crippen LogP contribution is -2.17. The monoisotopic (exact) mass is 386 g/mol. The molecule has 1 aromatic heterocycles. The summed E-state index contributed by atoms with van der Waals surface area (Å²) in [5.41, 5.74) is 5.28. The number of rotatable bonds is 5. The molecule has 0 aliphatic carbocycles. The van der Waals surface area contributed by atoms with Crippen molar-refractivity contribution in [3.8, 4) is 0 Å². The summed E-state index contributed by atoms with van der Waals surface area (Å²) in [4.78, 5) is 12.0. The molecule has 0 aliphatic rings. The Morgan fingerprint density at radius 1 is 1.15 bits per heavy atom. The Hall–Kier alpha value is -2.63. The van der Waals surface area contributed by atoms with Crippen molar-refractivity contribution < 1.29 is 4.79 Å². The molecule has 0 fully saturated rings. The van der Waals surface area contributed by atoms with Gasteiger partial charge in [0.05, 0.1) is 24.0 Å². The van der Waals surface area contributed by atoms with Crippen molar-refractivity contribution in [2.45, 2.75) is 13.5 Å². The molecule has 5 nitrogen and oxygen atoms in total. The van der Waals surface area contributed by atoms with Crippen LogP contribution in [0.1, 0.15) is 27.2 Å². The summed E-state index contributed by atoms with van der Waals surface area (Å²) in [5, 5.41) is 9.50. The van der Waals surface area contributed by atoms with Crippen LogP contribution in [0.2, 0.25) is 10.2 Å². The number of hydrogen-bond donors (Lipinski definition) is 1. The average Bonchev–Trinajstić information content (AvgIpc) is 2.91. The summed E-state index contributed by atoms with van der Waals surface area (Å²) < 4.78 is 1.65. The Morgan fingerprint density at radius 3 is 2.58 bits per heavy atom. The summed E-state index contributed by atoms with van der Waals surface area (Å²) in [5.74, 6) is -0.293. The maximum absolute atomic E-state index is 12.0. The minimum atomic E-state index is -0.293. The van der Waals surface area contributed by atoms with Crippen LogP contribution in [0.4, 0.5) is 0 Å². The van der Waals surface area contributed by atoms with Crippen LogP contribution in [0.5, 0.6) is 0 Å². The van der Waals surface area contributed by atoms with Gasteiger partial charge in [0.1, 0.15) is 5.15 Å². The van der Waals surface area contributed by atoms with Crippen molar-refractivity contribution in [1.82, 2.24) is 15.2 Å². The zero-order chi connectivity index (χ0) is 18.5. The lowest BCUT2D eigenvalue weighted by Gasteiger charge is -2.05. The van der Waals surface area contributed by atoms with Gasteiger partial charge in [-0.1, -0.05) is 59.6 Å². The number of hydrogen-bond acceptors (Lipinski definition) is 3. The molecule has 3 rings (SSSR count). The first kappa shape index (κ1) is 18.2. The first-order valence-corrected chi connectivity index (χ1v) is 8.66. The molecule has 0 bridgehead atoms. The molecule has 132 valence electrons. The van der Waals surface area contributed by atoms with Gasteiger partial charge < -0.3 is 0 Å². The third-order valence-electron chi connectivity index (χ3n) is 3.78. The van der Waals surface area contributed by atoms with Crippen LogP contribution < -0.4 is 5.43 Å². The van der Waals surface area contributed by atoms with Crippen molar-refractivity contribution in [2.24, 2.45) is 5.10 Å². The molecule has 0 unspecified atom stereocenters. The van der Waals surface area contributed by atoms with Gasteiger partial charge in [-0.2, -0.15) is 10.2 Å². The van der Waals surface area contributed by atoms with Crippen molar-refractivity contribution in [3.05, 3.63) is 87.2 Å². The van der Waals surface area contributed by atoms with Gasteiger partial charge in [-0.15, -0.1) is 0 Å². The third-order valence-corrected chi connectivity index (χ3v) is 4.55. The van der Waals surface area contributed by atoms with Crippen LogP contribution in [0.3, 0.4) is 0 Å². The number of aryl methyl sites for hydroxylation is 1. The minimum Gasteiger partial charge on any atom is -0.267 e. The molecule has 26 heavy (non-hydrogen) atoms. The molecule has 1 amide bonds. The molecule has 7 heteroatoms. The summed E-state index contributed by atoms with van der Waals surface area (Å²) in [6, 6.07) is 16.4. The lowest BCUT2D eigenvalue weighted by atomic mass is 10.2. The van der Waals surface area contributed by atoms with Gasteiger partial charge in [0.25, 0.3) is 5.91 Å². The van der Waals surface area contributed by atoms with Crippen LogP contribution in [0.15, 0.2) is 59.7 Å². The van der Waals surface area contributed by atoms with Gasteiger partial charge >= 0.3 is 0 Å². The molecule has 1 heterocycles. The Labute approximate surface area is 161 Å². The van der Waals surface area contributed by atoms with Crippen molar-refractivity contribution in [1.29, 1.82) is 0 Å². The summed E-state index contributed by atoms with van der Waals surface area (Å²) in [6.07, 6.45) is 1.49. The van der Waals surface area contributed by atoms with Gasteiger partial charge in [0.15, 0.2) is 0 Å². The second-order valence-electron chi connectivity index (χ2n) is 5.60. The van der Waals surface area contributed by atoms with E-state index in [9.17, 15) is 4.79 Å². The lowest BCUT2D eigenvalue weighted by molar-refractivity contribution is 0.0955. The SMILES string of the molecule is Cc1nn(Cc2ccccc2Cl)c(Cl)c1/C=N\NC(=O)c1ccccc1. The quantitative estimate of drug-likeness (QED) is 0.524. The summed E-state index contributed by atoms with van der Waals surface area (Å²) in [6.45, 7) is 2.28. The number of amides is 1. The van der Waals surface area contributed by atoms with Gasteiger partial charge in [-0.3, -0.25) is 4.79 Å². The van der Waals surface area contributed by atoms with Gasteiger partial charge in [0.2, 0.25) is 0 Å². The predicted molar refractivity (Wildman–Crippen MR) is 104 cm³/mol. The van der Waals surface area contributed by atoms with Crippen molar-refractivity contribution in [3.63, 3.8) is 0 Å². The highest BCUT2D eigenvalue weighted by Crippen LogP contribution is 2.22. The Bertz CT molecular complexity index is 951. The van der Waals surface area contributed by atoms with E-state index >= 15 is 0 Å². The van der Waals surface area contributed by atoms with Crippen LogP contribution in [0.25, 0.3) is 0 Å².